The summed E-state index contributed by atoms with van der Waals surface area (Å²) in [6.45, 7) is 33.6. The van der Waals surface area contributed by atoms with E-state index >= 15 is 0 Å². The molecule has 0 fully saturated rings. The van der Waals surface area contributed by atoms with Crippen molar-refractivity contribution in [1.82, 2.24) is 5.32 Å². The lowest BCUT2D eigenvalue weighted by Gasteiger charge is -2.42. The molecule has 0 aliphatic heterocycles. The number of fused-ring (bicyclic) bond motifs is 1. The highest BCUT2D eigenvalue weighted by molar-refractivity contribution is 5.94. The van der Waals surface area contributed by atoms with Gasteiger partial charge in [0, 0.05) is 22.9 Å². The van der Waals surface area contributed by atoms with Crippen LogP contribution in [0.1, 0.15) is 120 Å². The highest BCUT2D eigenvalue weighted by Gasteiger charge is 2.37. The van der Waals surface area contributed by atoms with Crippen LogP contribution < -0.4 is 11.1 Å². The van der Waals surface area contributed by atoms with Crippen LogP contribution in [0.15, 0.2) is 55.1 Å². The molecule has 0 heterocycles. The molecule has 0 spiro atoms. The fourth-order valence-corrected chi connectivity index (χ4v) is 5.47. The second kappa shape index (κ2) is 15.6. The van der Waals surface area contributed by atoms with Gasteiger partial charge in [-0.15, -0.1) is 0 Å². The van der Waals surface area contributed by atoms with E-state index in [1.54, 1.807) is 12.1 Å². The number of amides is 1. The van der Waals surface area contributed by atoms with Crippen molar-refractivity contribution in [2.45, 2.75) is 99.8 Å². The smallest absolute Gasteiger partial charge is 0.338 e. The van der Waals surface area contributed by atoms with Crippen LogP contribution in [0.25, 0.3) is 5.57 Å². The fraction of sp³-hybridized carbons (Fsp3) is 0.550. The number of nitrogens with two attached hydrogens (primary N) is 1. The first-order chi connectivity index (χ1) is 21.3. The standard InChI is InChI=1S/C38H54N2O4.C2H6/c1-25-18-31-32(38(10,11)17-16-37(31,8)9)19-30(25)27(3)28-12-14-29(15-13-28)34(42)44-20-26(2)33(41)40-22-36(6,7)24-43-23-35(4,5)21-39;1-2/h12-15,18-19H,2-3,16-17,20-24,39H2,1,4-11H3,(H,40,41);1-2H3. The zero-order chi connectivity index (χ0) is 35.1. The molecule has 2 aromatic carbocycles. The molecular formula is C40H60N2O4. The molecule has 0 saturated carbocycles. The Morgan fingerprint density at radius 3 is 1.91 bits per heavy atom. The minimum absolute atomic E-state index is 0.0959. The third-order valence-electron chi connectivity index (χ3n) is 8.96. The van der Waals surface area contributed by atoms with Crippen LogP contribution in [0.5, 0.6) is 0 Å². The van der Waals surface area contributed by atoms with Crippen LogP contribution in [0.4, 0.5) is 0 Å². The maximum Gasteiger partial charge on any atom is 0.338 e. The van der Waals surface area contributed by atoms with Gasteiger partial charge in [-0.1, -0.05) is 107 Å². The topological polar surface area (TPSA) is 90.7 Å². The molecule has 2 aromatic rings. The molecule has 0 radical (unpaired) electrons. The summed E-state index contributed by atoms with van der Waals surface area (Å²) in [5.74, 6) is -0.868. The average molecular weight is 633 g/mol. The van der Waals surface area contributed by atoms with Gasteiger partial charge in [0.05, 0.1) is 18.8 Å². The number of nitrogens with one attached hydrogen (secondary N) is 1. The molecule has 6 nitrogen and oxygen atoms in total. The van der Waals surface area contributed by atoms with Gasteiger partial charge in [-0.2, -0.15) is 0 Å². The van der Waals surface area contributed by atoms with Crippen molar-refractivity contribution < 1.29 is 19.1 Å². The van der Waals surface area contributed by atoms with E-state index in [-0.39, 0.29) is 39.7 Å². The number of carbonyl (C=O) groups excluding carboxylic acids is 2. The van der Waals surface area contributed by atoms with E-state index in [1.165, 1.54) is 23.1 Å². The molecule has 0 saturated heterocycles. The number of hydrogen-bond acceptors (Lipinski definition) is 5. The SMILES string of the molecule is C=C(COC(=O)c1ccc(C(=C)c2cc3c(cc2C)C(C)(C)CCC3(C)C)cc1)C(=O)NCC(C)(C)COCC(C)(C)CN.CC. The van der Waals surface area contributed by atoms with Crippen molar-refractivity contribution in [2.24, 2.45) is 16.6 Å². The number of ether oxygens (including phenoxy) is 2. The zero-order valence-corrected chi connectivity index (χ0v) is 30.5. The second-order valence-electron chi connectivity index (χ2n) is 15.4. The molecular weight excluding hydrogens is 572 g/mol. The molecule has 3 rings (SSSR count). The highest BCUT2D eigenvalue weighted by Crippen LogP contribution is 2.47. The third-order valence-corrected chi connectivity index (χ3v) is 8.96. The first-order valence-electron chi connectivity index (χ1n) is 16.6. The Labute approximate surface area is 279 Å². The Hall–Kier alpha value is -3.22. The van der Waals surface area contributed by atoms with Crippen molar-refractivity contribution in [2.75, 3.05) is 32.9 Å². The summed E-state index contributed by atoms with van der Waals surface area (Å²) in [5.41, 5.74) is 13.2. The van der Waals surface area contributed by atoms with Gasteiger partial charge in [0.25, 0.3) is 0 Å². The second-order valence-corrected chi connectivity index (χ2v) is 15.4. The molecule has 0 aromatic heterocycles. The summed E-state index contributed by atoms with van der Waals surface area (Å²) < 4.78 is 11.2. The monoisotopic (exact) mass is 632 g/mol. The van der Waals surface area contributed by atoms with Gasteiger partial charge in [0.2, 0.25) is 5.91 Å². The predicted molar refractivity (Wildman–Crippen MR) is 192 cm³/mol. The maximum atomic E-state index is 12.8. The van der Waals surface area contributed by atoms with Crippen molar-refractivity contribution in [1.29, 1.82) is 0 Å². The Bertz CT molecular complexity index is 1400. The number of carbonyl (C=O) groups is 2. The van der Waals surface area contributed by atoms with E-state index in [9.17, 15) is 9.59 Å². The van der Waals surface area contributed by atoms with E-state index in [1.807, 2.05) is 39.8 Å². The van der Waals surface area contributed by atoms with E-state index in [0.29, 0.717) is 31.9 Å². The maximum absolute atomic E-state index is 12.8. The first kappa shape index (κ1) is 39.0. The quantitative estimate of drug-likeness (QED) is 0.171. The van der Waals surface area contributed by atoms with Gasteiger partial charge in [0.1, 0.15) is 6.61 Å². The number of hydrogen-bond donors (Lipinski definition) is 2. The Morgan fingerprint density at radius 2 is 1.37 bits per heavy atom. The van der Waals surface area contributed by atoms with Crippen LogP contribution >= 0.6 is 0 Å². The Balaban J connectivity index is 0.00000361. The lowest BCUT2D eigenvalue weighted by molar-refractivity contribution is -0.118. The van der Waals surface area contributed by atoms with Crippen molar-refractivity contribution >= 4 is 17.4 Å². The minimum atomic E-state index is -0.513. The molecule has 254 valence electrons. The molecule has 0 unspecified atom stereocenters. The van der Waals surface area contributed by atoms with Crippen LogP contribution in [0, 0.1) is 17.8 Å². The summed E-state index contributed by atoms with van der Waals surface area (Å²) in [4.78, 5) is 25.4. The van der Waals surface area contributed by atoms with Crippen molar-refractivity contribution in [3.05, 3.63) is 88.5 Å². The summed E-state index contributed by atoms with van der Waals surface area (Å²) in [5, 5.41) is 2.87. The molecule has 0 atom stereocenters. The Morgan fingerprint density at radius 1 is 0.870 bits per heavy atom. The molecule has 46 heavy (non-hydrogen) atoms. The van der Waals surface area contributed by atoms with Gasteiger partial charge >= 0.3 is 5.97 Å². The van der Waals surface area contributed by atoms with Gasteiger partial charge in [-0.3, -0.25) is 4.79 Å². The third kappa shape index (κ3) is 10.1. The normalized spacial score (nSPS) is 15.1. The van der Waals surface area contributed by atoms with Crippen LogP contribution in [-0.2, 0) is 25.1 Å². The van der Waals surface area contributed by atoms with Gasteiger partial charge in [0.15, 0.2) is 0 Å². The highest BCUT2D eigenvalue weighted by atomic mass is 16.5. The van der Waals surface area contributed by atoms with Gasteiger partial charge in [-0.05, 0) is 82.7 Å². The number of aryl methyl sites for hydroxylation is 1. The molecule has 1 aliphatic rings. The molecule has 1 aliphatic carbocycles. The predicted octanol–water partition coefficient (Wildman–Crippen LogP) is 8.29. The molecule has 6 heteroatoms. The van der Waals surface area contributed by atoms with E-state index in [0.717, 1.165) is 23.1 Å². The van der Waals surface area contributed by atoms with Crippen LogP contribution in [0.2, 0.25) is 0 Å². The van der Waals surface area contributed by atoms with E-state index in [2.05, 4.69) is 79.1 Å². The lowest BCUT2D eigenvalue weighted by Crippen LogP contribution is -2.39. The lowest BCUT2D eigenvalue weighted by atomic mass is 9.62. The summed E-state index contributed by atoms with van der Waals surface area (Å²) >= 11 is 0. The van der Waals surface area contributed by atoms with E-state index in [4.69, 9.17) is 15.2 Å². The van der Waals surface area contributed by atoms with E-state index < -0.39 is 5.97 Å². The van der Waals surface area contributed by atoms with Crippen LogP contribution in [-0.4, -0.2) is 44.8 Å². The summed E-state index contributed by atoms with van der Waals surface area (Å²) in [7, 11) is 0. The van der Waals surface area contributed by atoms with Crippen LogP contribution in [0.3, 0.4) is 0 Å². The molecule has 1 amide bonds. The largest absolute Gasteiger partial charge is 0.457 e. The molecule has 3 N–H and O–H groups in total. The molecule has 0 bridgehead atoms. The van der Waals surface area contributed by atoms with Crippen molar-refractivity contribution in [3.8, 4) is 0 Å². The van der Waals surface area contributed by atoms with Gasteiger partial charge in [-0.25, -0.2) is 4.79 Å². The van der Waals surface area contributed by atoms with Gasteiger partial charge < -0.3 is 20.5 Å². The number of rotatable bonds is 13. The Kier molecular flexibility index (Phi) is 13.2. The average Bonchev–Trinajstić information content (AvgIpc) is 3.01. The number of esters is 1. The van der Waals surface area contributed by atoms with Crippen molar-refractivity contribution in [3.63, 3.8) is 0 Å². The zero-order valence-electron chi connectivity index (χ0n) is 30.5. The summed E-state index contributed by atoms with van der Waals surface area (Å²) in [6, 6.07) is 11.9. The first-order valence-corrected chi connectivity index (χ1v) is 16.6. The summed E-state index contributed by atoms with van der Waals surface area (Å²) in [6.07, 6.45) is 2.32. The number of benzene rings is 2. The minimum Gasteiger partial charge on any atom is -0.457 e. The fourth-order valence-electron chi connectivity index (χ4n) is 5.47.